The predicted molar refractivity (Wildman–Crippen MR) is 75.4 cm³/mol. The molecule has 0 saturated heterocycles. The Hall–Kier alpha value is -1.61. The number of rotatable bonds is 5. The van der Waals surface area contributed by atoms with E-state index in [2.05, 4.69) is 4.90 Å². The Labute approximate surface area is 113 Å². The van der Waals surface area contributed by atoms with Gasteiger partial charge in [0.2, 0.25) is 5.78 Å². The Morgan fingerprint density at radius 1 is 1.37 bits per heavy atom. The van der Waals surface area contributed by atoms with Crippen LogP contribution in [0.25, 0.3) is 11.0 Å². The molecule has 0 bridgehead atoms. The van der Waals surface area contributed by atoms with Crippen molar-refractivity contribution in [2.24, 2.45) is 5.92 Å². The van der Waals surface area contributed by atoms with Crippen molar-refractivity contribution in [1.29, 1.82) is 0 Å². The molecule has 0 atom stereocenters. The van der Waals surface area contributed by atoms with Gasteiger partial charge in [-0.1, -0.05) is 24.6 Å². The van der Waals surface area contributed by atoms with Crippen molar-refractivity contribution in [2.75, 3.05) is 20.1 Å². The summed E-state index contributed by atoms with van der Waals surface area (Å²) in [5, 5.41) is 0.993. The van der Waals surface area contributed by atoms with Crippen LogP contribution in [-0.4, -0.2) is 30.8 Å². The second-order valence-electron chi connectivity index (χ2n) is 5.57. The van der Waals surface area contributed by atoms with E-state index in [4.69, 9.17) is 4.42 Å². The third-order valence-electron chi connectivity index (χ3n) is 3.91. The van der Waals surface area contributed by atoms with Gasteiger partial charge in [-0.25, -0.2) is 0 Å². The summed E-state index contributed by atoms with van der Waals surface area (Å²) in [5.74, 6) is 1.33. The predicted octanol–water partition coefficient (Wildman–Crippen LogP) is 3.35. The Morgan fingerprint density at radius 2 is 2.16 bits per heavy atom. The fourth-order valence-corrected chi connectivity index (χ4v) is 2.62. The number of ketones is 1. The van der Waals surface area contributed by atoms with Gasteiger partial charge in [0.1, 0.15) is 5.58 Å². The van der Waals surface area contributed by atoms with Crippen molar-refractivity contribution in [3.05, 3.63) is 36.1 Å². The van der Waals surface area contributed by atoms with Crippen LogP contribution < -0.4 is 0 Å². The molecule has 3 heteroatoms. The number of Topliss-reactive ketones (excluding diaryl/α,β-unsaturated/α-hetero) is 1. The molecule has 0 spiro atoms. The molecule has 19 heavy (non-hydrogen) atoms. The number of fused-ring (bicyclic) bond motifs is 1. The van der Waals surface area contributed by atoms with E-state index >= 15 is 0 Å². The van der Waals surface area contributed by atoms with Gasteiger partial charge in [0.15, 0.2) is 5.76 Å². The summed E-state index contributed by atoms with van der Waals surface area (Å²) in [7, 11) is 2.01. The van der Waals surface area contributed by atoms with Crippen LogP contribution in [-0.2, 0) is 0 Å². The molecular weight excluding hydrogens is 238 g/mol. The molecule has 1 heterocycles. The molecule has 1 aromatic carbocycles. The first-order valence-electron chi connectivity index (χ1n) is 6.93. The zero-order valence-corrected chi connectivity index (χ0v) is 11.3. The molecule has 0 N–H and O–H groups in total. The van der Waals surface area contributed by atoms with E-state index in [0.717, 1.165) is 23.4 Å². The van der Waals surface area contributed by atoms with Crippen molar-refractivity contribution in [2.45, 2.75) is 19.3 Å². The van der Waals surface area contributed by atoms with Gasteiger partial charge in [-0.05, 0) is 37.9 Å². The number of carbonyl (C=O) groups is 1. The molecule has 100 valence electrons. The van der Waals surface area contributed by atoms with Crippen LogP contribution in [0.2, 0.25) is 0 Å². The van der Waals surface area contributed by atoms with Crippen molar-refractivity contribution in [3.8, 4) is 0 Å². The van der Waals surface area contributed by atoms with Gasteiger partial charge >= 0.3 is 0 Å². The molecule has 0 amide bonds. The van der Waals surface area contributed by atoms with Gasteiger partial charge in [-0.3, -0.25) is 9.69 Å². The highest BCUT2D eigenvalue weighted by Crippen LogP contribution is 2.27. The lowest BCUT2D eigenvalue weighted by atomic mass is 9.85. The van der Waals surface area contributed by atoms with Crippen LogP contribution in [0.3, 0.4) is 0 Å². The summed E-state index contributed by atoms with van der Waals surface area (Å²) in [6, 6.07) is 9.57. The van der Waals surface area contributed by atoms with Gasteiger partial charge in [0.05, 0.1) is 6.54 Å². The molecule has 1 saturated carbocycles. The topological polar surface area (TPSA) is 33.5 Å². The van der Waals surface area contributed by atoms with Gasteiger partial charge in [-0.15, -0.1) is 0 Å². The second-order valence-corrected chi connectivity index (χ2v) is 5.57. The summed E-state index contributed by atoms with van der Waals surface area (Å²) in [6.45, 7) is 1.46. The smallest absolute Gasteiger partial charge is 0.211 e. The van der Waals surface area contributed by atoms with E-state index in [0.29, 0.717) is 12.3 Å². The third-order valence-corrected chi connectivity index (χ3v) is 3.91. The van der Waals surface area contributed by atoms with Crippen LogP contribution in [0.1, 0.15) is 29.8 Å². The Balaban J connectivity index is 1.65. The summed E-state index contributed by atoms with van der Waals surface area (Å²) in [5.41, 5.74) is 0.785. The lowest BCUT2D eigenvalue weighted by molar-refractivity contribution is 0.0900. The molecule has 0 unspecified atom stereocenters. The minimum atomic E-state index is 0.0676. The van der Waals surface area contributed by atoms with E-state index < -0.39 is 0 Å². The minimum Gasteiger partial charge on any atom is -0.453 e. The Kier molecular flexibility index (Phi) is 3.38. The summed E-state index contributed by atoms with van der Waals surface area (Å²) in [4.78, 5) is 14.3. The number of benzene rings is 1. The maximum absolute atomic E-state index is 12.2. The number of nitrogens with zero attached hydrogens (tertiary/aromatic N) is 1. The molecule has 1 aromatic heterocycles. The molecular formula is C16H19NO2. The van der Waals surface area contributed by atoms with Crippen LogP contribution in [0.4, 0.5) is 0 Å². The number of furan rings is 1. The largest absolute Gasteiger partial charge is 0.453 e. The van der Waals surface area contributed by atoms with E-state index in [1.807, 2.05) is 37.4 Å². The number of carbonyl (C=O) groups excluding carboxylic acids is 1. The molecule has 2 aromatic rings. The fourth-order valence-electron chi connectivity index (χ4n) is 2.62. The van der Waals surface area contributed by atoms with E-state index in [1.165, 1.54) is 19.3 Å². The van der Waals surface area contributed by atoms with Crippen LogP contribution in [0.15, 0.2) is 34.7 Å². The number of para-hydroxylation sites is 1. The molecule has 0 radical (unpaired) electrons. The van der Waals surface area contributed by atoms with Gasteiger partial charge in [-0.2, -0.15) is 0 Å². The first kappa shape index (κ1) is 12.4. The summed E-state index contributed by atoms with van der Waals surface area (Å²) < 4.78 is 5.60. The lowest BCUT2D eigenvalue weighted by Gasteiger charge is -2.29. The maximum Gasteiger partial charge on any atom is 0.211 e. The lowest BCUT2D eigenvalue weighted by Crippen LogP contribution is -2.33. The number of hydrogen-bond donors (Lipinski definition) is 0. The molecule has 1 aliphatic rings. The highest BCUT2D eigenvalue weighted by atomic mass is 16.3. The normalized spacial score (nSPS) is 15.9. The van der Waals surface area contributed by atoms with E-state index in [1.54, 1.807) is 0 Å². The van der Waals surface area contributed by atoms with Gasteiger partial charge in [0, 0.05) is 11.9 Å². The average molecular weight is 257 g/mol. The second kappa shape index (κ2) is 5.17. The molecule has 1 aliphatic carbocycles. The molecule has 0 aliphatic heterocycles. The third kappa shape index (κ3) is 2.71. The maximum atomic E-state index is 12.2. The zero-order valence-electron chi connectivity index (χ0n) is 11.3. The van der Waals surface area contributed by atoms with Crippen molar-refractivity contribution < 1.29 is 9.21 Å². The van der Waals surface area contributed by atoms with E-state index in [-0.39, 0.29) is 5.78 Å². The molecule has 3 rings (SSSR count). The Morgan fingerprint density at radius 3 is 2.84 bits per heavy atom. The van der Waals surface area contributed by atoms with Crippen molar-refractivity contribution >= 4 is 16.8 Å². The van der Waals surface area contributed by atoms with Gasteiger partial charge < -0.3 is 4.42 Å². The highest BCUT2D eigenvalue weighted by molar-refractivity contribution is 5.98. The minimum absolute atomic E-state index is 0.0676. The standard InChI is InChI=1S/C16H19NO2/c1-17(10-12-5-4-6-12)11-14(18)16-9-13-7-2-3-8-15(13)19-16/h2-3,7-9,12H,4-6,10-11H2,1H3. The number of likely N-dealkylation sites (N-methyl/N-ethyl adjacent to an activating group) is 1. The van der Waals surface area contributed by atoms with Crippen molar-refractivity contribution in [1.82, 2.24) is 4.90 Å². The summed E-state index contributed by atoms with van der Waals surface area (Å²) >= 11 is 0. The van der Waals surface area contributed by atoms with E-state index in [9.17, 15) is 4.79 Å². The van der Waals surface area contributed by atoms with Crippen LogP contribution in [0.5, 0.6) is 0 Å². The number of hydrogen-bond acceptors (Lipinski definition) is 3. The first-order chi connectivity index (χ1) is 9.22. The Bertz CT molecular complexity index is 550. The van der Waals surface area contributed by atoms with Crippen molar-refractivity contribution in [3.63, 3.8) is 0 Å². The monoisotopic (exact) mass is 257 g/mol. The molecule has 1 fully saturated rings. The average Bonchev–Trinajstić information content (AvgIpc) is 2.77. The van der Waals surface area contributed by atoms with Gasteiger partial charge in [0.25, 0.3) is 0 Å². The quantitative estimate of drug-likeness (QED) is 0.770. The fraction of sp³-hybridized carbons (Fsp3) is 0.438. The first-order valence-corrected chi connectivity index (χ1v) is 6.93. The zero-order chi connectivity index (χ0) is 13.2. The highest BCUT2D eigenvalue weighted by Gasteiger charge is 2.21. The van der Waals surface area contributed by atoms with Crippen LogP contribution >= 0.6 is 0 Å². The van der Waals surface area contributed by atoms with Crippen LogP contribution in [0, 0.1) is 5.92 Å². The SMILES string of the molecule is CN(CC(=O)c1cc2ccccc2o1)CC1CCC1. The summed E-state index contributed by atoms with van der Waals surface area (Å²) in [6.07, 6.45) is 3.96. The molecule has 3 nitrogen and oxygen atoms in total.